The van der Waals surface area contributed by atoms with Crippen LogP contribution in [0.1, 0.15) is 11.3 Å². The largest absolute Gasteiger partial charge is 0.485 e. The second-order valence-electron chi connectivity index (χ2n) is 4.58. The van der Waals surface area contributed by atoms with Crippen molar-refractivity contribution in [2.75, 3.05) is 25.5 Å². The minimum Gasteiger partial charge on any atom is -0.485 e. The maximum absolute atomic E-state index is 11.9. The third-order valence-corrected chi connectivity index (χ3v) is 4.71. The van der Waals surface area contributed by atoms with Crippen LogP contribution >= 0.6 is 24.0 Å². The summed E-state index contributed by atoms with van der Waals surface area (Å²) >= 11 is 5.87. The topological polar surface area (TPSA) is 38.8 Å². The molecule has 0 saturated carbocycles. The molecule has 0 spiro atoms. The Balaban J connectivity index is 1.73. The number of carbonyl (C=O) groups is 1. The van der Waals surface area contributed by atoms with Crippen LogP contribution in [0, 0.1) is 5.92 Å². The molecule has 3 rings (SSSR count). The molecule has 1 atom stereocenters. The van der Waals surface area contributed by atoms with Gasteiger partial charge in [-0.3, -0.25) is 4.79 Å². The summed E-state index contributed by atoms with van der Waals surface area (Å²) in [6.45, 7) is 2.62. The number of ether oxygens (including phenoxy) is 2. The number of rotatable bonds is 3. The maximum atomic E-state index is 11.9. The van der Waals surface area contributed by atoms with Gasteiger partial charge in [0.2, 0.25) is 5.91 Å². The van der Waals surface area contributed by atoms with Crippen molar-refractivity contribution in [2.24, 2.45) is 5.92 Å². The summed E-state index contributed by atoms with van der Waals surface area (Å²) < 4.78 is 11.1. The molecule has 1 unspecified atom stereocenters. The lowest BCUT2D eigenvalue weighted by atomic mass is 10.1. The van der Waals surface area contributed by atoms with E-state index in [4.69, 9.17) is 9.47 Å². The summed E-state index contributed by atoms with van der Waals surface area (Å²) in [6.07, 6.45) is 0.619. The first-order chi connectivity index (χ1) is 8.78. The van der Waals surface area contributed by atoms with Crippen molar-refractivity contribution in [1.82, 2.24) is 4.90 Å². The van der Waals surface area contributed by atoms with E-state index in [1.165, 1.54) is 0 Å². The van der Waals surface area contributed by atoms with E-state index >= 15 is 0 Å². The van der Waals surface area contributed by atoms with Crippen LogP contribution in [0.4, 0.5) is 0 Å². The van der Waals surface area contributed by atoms with Gasteiger partial charge in [-0.25, -0.2) is 0 Å². The molecule has 0 bridgehead atoms. The van der Waals surface area contributed by atoms with E-state index in [1.54, 1.807) is 11.3 Å². The summed E-state index contributed by atoms with van der Waals surface area (Å²) in [5.41, 5.74) is 0. The Morgan fingerprint density at radius 1 is 1.44 bits per heavy atom. The Morgan fingerprint density at radius 3 is 3.06 bits per heavy atom. The maximum Gasteiger partial charge on any atom is 0.223 e. The summed E-state index contributed by atoms with van der Waals surface area (Å²) in [7, 11) is 0. The van der Waals surface area contributed by atoms with Crippen molar-refractivity contribution in [3.63, 3.8) is 0 Å². The first-order valence-electron chi connectivity index (χ1n) is 6.02. The smallest absolute Gasteiger partial charge is 0.223 e. The summed E-state index contributed by atoms with van der Waals surface area (Å²) in [6, 6.07) is 0. The first kappa shape index (κ1) is 12.2. The minimum absolute atomic E-state index is 0.216. The summed E-state index contributed by atoms with van der Waals surface area (Å²) in [5, 5.41) is 1.96. The normalized spacial score (nSPS) is 22.6. The SMILES string of the molecule is O=C1CC(CS)CN1Cc1scc2c1OCCO2. The molecule has 0 N–H and O–H groups in total. The number of carbonyl (C=O) groups excluding carboxylic acids is 1. The monoisotopic (exact) mass is 285 g/mol. The molecule has 18 heavy (non-hydrogen) atoms. The quantitative estimate of drug-likeness (QED) is 0.861. The molecule has 2 aliphatic rings. The second-order valence-corrected chi connectivity index (χ2v) is 5.91. The number of fused-ring (bicyclic) bond motifs is 1. The molecule has 0 radical (unpaired) electrons. The lowest BCUT2D eigenvalue weighted by Crippen LogP contribution is -2.25. The molecule has 3 heterocycles. The fourth-order valence-electron chi connectivity index (χ4n) is 2.33. The minimum atomic E-state index is 0.216. The zero-order chi connectivity index (χ0) is 12.5. The number of likely N-dealkylation sites (tertiary alicyclic amines) is 1. The predicted molar refractivity (Wildman–Crippen MR) is 72.7 cm³/mol. The number of hydrogen-bond acceptors (Lipinski definition) is 5. The van der Waals surface area contributed by atoms with Crippen molar-refractivity contribution in [1.29, 1.82) is 0 Å². The third-order valence-electron chi connectivity index (χ3n) is 3.26. The van der Waals surface area contributed by atoms with E-state index in [0.717, 1.165) is 28.7 Å². The molecule has 0 aromatic carbocycles. The molecule has 6 heteroatoms. The van der Waals surface area contributed by atoms with Gasteiger partial charge in [-0.15, -0.1) is 11.3 Å². The van der Waals surface area contributed by atoms with Gasteiger partial charge in [0.1, 0.15) is 13.2 Å². The lowest BCUT2D eigenvalue weighted by molar-refractivity contribution is -0.128. The number of thiol groups is 1. The fourth-order valence-corrected chi connectivity index (χ4v) is 3.49. The molecule has 0 aliphatic carbocycles. The number of amides is 1. The van der Waals surface area contributed by atoms with Gasteiger partial charge in [0, 0.05) is 18.3 Å². The van der Waals surface area contributed by atoms with Crippen molar-refractivity contribution < 1.29 is 14.3 Å². The van der Waals surface area contributed by atoms with Crippen LogP contribution in [-0.4, -0.2) is 36.3 Å². The molecule has 98 valence electrons. The number of hydrogen-bond donors (Lipinski definition) is 1. The van der Waals surface area contributed by atoms with Gasteiger partial charge in [0.25, 0.3) is 0 Å². The Labute approximate surface area is 115 Å². The highest BCUT2D eigenvalue weighted by molar-refractivity contribution is 7.80. The predicted octanol–water partition coefficient (Wildman–Crippen LogP) is 1.80. The highest BCUT2D eigenvalue weighted by Gasteiger charge is 2.30. The van der Waals surface area contributed by atoms with Crippen LogP contribution in [0.25, 0.3) is 0 Å². The van der Waals surface area contributed by atoms with Gasteiger partial charge in [0.05, 0.1) is 11.4 Å². The standard InChI is InChI=1S/C12H15NO3S2/c14-11-3-8(6-17)4-13(11)5-10-12-9(7-18-10)15-1-2-16-12/h7-8,17H,1-6H2. The van der Waals surface area contributed by atoms with E-state index in [1.807, 2.05) is 10.3 Å². The zero-order valence-electron chi connectivity index (χ0n) is 9.92. The van der Waals surface area contributed by atoms with Gasteiger partial charge in [-0.1, -0.05) is 0 Å². The molecular weight excluding hydrogens is 270 g/mol. The van der Waals surface area contributed by atoms with E-state index < -0.39 is 0 Å². The lowest BCUT2D eigenvalue weighted by Gasteiger charge is -2.19. The molecule has 4 nitrogen and oxygen atoms in total. The second kappa shape index (κ2) is 5.01. The van der Waals surface area contributed by atoms with Gasteiger partial charge < -0.3 is 14.4 Å². The average Bonchev–Trinajstić information content (AvgIpc) is 2.95. The van der Waals surface area contributed by atoms with E-state index in [2.05, 4.69) is 12.6 Å². The highest BCUT2D eigenvalue weighted by Crippen LogP contribution is 2.40. The Morgan fingerprint density at radius 2 is 2.28 bits per heavy atom. The van der Waals surface area contributed by atoms with E-state index in [0.29, 0.717) is 32.1 Å². The molecular formula is C12H15NO3S2. The molecule has 1 aromatic rings. The van der Waals surface area contributed by atoms with Crippen LogP contribution in [-0.2, 0) is 11.3 Å². The Bertz CT molecular complexity index is 460. The van der Waals surface area contributed by atoms with Crippen LogP contribution in [0.2, 0.25) is 0 Å². The van der Waals surface area contributed by atoms with Crippen LogP contribution in [0.15, 0.2) is 5.38 Å². The van der Waals surface area contributed by atoms with Gasteiger partial charge in [0.15, 0.2) is 11.5 Å². The molecule has 1 saturated heterocycles. The zero-order valence-corrected chi connectivity index (χ0v) is 11.6. The summed E-state index contributed by atoms with van der Waals surface area (Å²) in [4.78, 5) is 14.8. The molecule has 2 aliphatic heterocycles. The highest BCUT2D eigenvalue weighted by atomic mass is 32.1. The van der Waals surface area contributed by atoms with Crippen LogP contribution in [0.5, 0.6) is 11.5 Å². The van der Waals surface area contributed by atoms with Crippen molar-refractivity contribution in [3.8, 4) is 11.5 Å². The van der Waals surface area contributed by atoms with Crippen molar-refractivity contribution >= 4 is 29.9 Å². The average molecular weight is 285 g/mol. The third kappa shape index (κ3) is 2.19. The number of thiophene rings is 1. The van der Waals surface area contributed by atoms with Gasteiger partial charge in [-0.05, 0) is 11.7 Å². The first-order valence-corrected chi connectivity index (χ1v) is 7.53. The van der Waals surface area contributed by atoms with E-state index in [-0.39, 0.29) is 5.91 Å². The Hall–Kier alpha value is -0.880. The van der Waals surface area contributed by atoms with Crippen molar-refractivity contribution in [3.05, 3.63) is 10.3 Å². The molecule has 1 aromatic heterocycles. The summed E-state index contributed by atoms with van der Waals surface area (Å²) in [5.74, 6) is 3.01. The van der Waals surface area contributed by atoms with Gasteiger partial charge >= 0.3 is 0 Å². The van der Waals surface area contributed by atoms with Crippen LogP contribution < -0.4 is 9.47 Å². The Kier molecular flexibility index (Phi) is 3.39. The molecule has 1 fully saturated rings. The van der Waals surface area contributed by atoms with Gasteiger partial charge in [-0.2, -0.15) is 12.6 Å². The fraction of sp³-hybridized carbons (Fsp3) is 0.583. The van der Waals surface area contributed by atoms with Crippen LogP contribution in [0.3, 0.4) is 0 Å². The number of nitrogens with zero attached hydrogens (tertiary/aromatic N) is 1. The van der Waals surface area contributed by atoms with Crippen molar-refractivity contribution in [2.45, 2.75) is 13.0 Å². The van der Waals surface area contributed by atoms with E-state index in [9.17, 15) is 4.79 Å². The molecule has 1 amide bonds.